The molecule has 0 aliphatic heterocycles. The number of rotatable bonds is 7. The first kappa shape index (κ1) is 15.1. The van der Waals surface area contributed by atoms with Gasteiger partial charge in [0.25, 0.3) is 0 Å². The van der Waals surface area contributed by atoms with Gasteiger partial charge in [-0.15, -0.1) is 0 Å². The van der Waals surface area contributed by atoms with Gasteiger partial charge in [-0.2, -0.15) is 4.98 Å². The molecule has 0 saturated heterocycles. The van der Waals surface area contributed by atoms with E-state index in [1.165, 1.54) is 0 Å². The van der Waals surface area contributed by atoms with Crippen LogP contribution in [-0.4, -0.2) is 16.7 Å². The molecule has 2 N–H and O–H groups in total. The lowest BCUT2D eigenvalue weighted by Gasteiger charge is -2.17. The molecule has 0 spiro atoms. The Morgan fingerprint density at radius 1 is 1.28 bits per heavy atom. The van der Waals surface area contributed by atoms with E-state index in [9.17, 15) is 0 Å². The average molecular weight is 255 g/mol. The first-order chi connectivity index (χ1) is 8.51. The number of nitrogens with zero attached hydrogens (tertiary/aromatic N) is 2. The Labute approximate surface area is 109 Å². The standard InChI is InChI=1S/C13H25N3O2/c1-6-9(5)10(14)13-15-12(16-18-13)11(8(3)4)17-7-2/h8-11H,6-7,14H2,1-5H3/t9?,10-,11?/m0/s1. The van der Waals surface area contributed by atoms with Crippen LogP contribution in [0.1, 0.15) is 64.9 Å². The van der Waals surface area contributed by atoms with E-state index in [2.05, 4.69) is 37.8 Å². The molecule has 1 heterocycles. The molecular weight excluding hydrogens is 230 g/mol. The molecule has 1 aromatic heterocycles. The molecule has 0 amide bonds. The average Bonchev–Trinajstić information content (AvgIpc) is 2.82. The highest BCUT2D eigenvalue weighted by Gasteiger charge is 2.25. The van der Waals surface area contributed by atoms with Crippen molar-refractivity contribution in [1.29, 1.82) is 0 Å². The Morgan fingerprint density at radius 2 is 1.94 bits per heavy atom. The summed E-state index contributed by atoms with van der Waals surface area (Å²) in [6, 6.07) is -0.203. The van der Waals surface area contributed by atoms with Crippen LogP contribution in [0.4, 0.5) is 0 Å². The number of nitrogens with two attached hydrogens (primary N) is 1. The van der Waals surface area contributed by atoms with Gasteiger partial charge in [0.05, 0.1) is 6.04 Å². The normalized spacial score (nSPS) is 16.8. The van der Waals surface area contributed by atoms with E-state index >= 15 is 0 Å². The predicted octanol–water partition coefficient (Wildman–Crippen LogP) is 2.85. The van der Waals surface area contributed by atoms with Gasteiger partial charge < -0.3 is 15.0 Å². The van der Waals surface area contributed by atoms with Crippen LogP contribution >= 0.6 is 0 Å². The summed E-state index contributed by atoms with van der Waals surface area (Å²) >= 11 is 0. The van der Waals surface area contributed by atoms with E-state index < -0.39 is 0 Å². The Kier molecular flexibility index (Phi) is 5.75. The summed E-state index contributed by atoms with van der Waals surface area (Å²) in [6.45, 7) is 10.9. The minimum Gasteiger partial charge on any atom is -0.370 e. The number of aromatic nitrogens is 2. The third-order valence-electron chi connectivity index (χ3n) is 3.21. The van der Waals surface area contributed by atoms with Crippen LogP contribution in [0.15, 0.2) is 4.52 Å². The van der Waals surface area contributed by atoms with Gasteiger partial charge in [-0.1, -0.05) is 39.3 Å². The monoisotopic (exact) mass is 255 g/mol. The summed E-state index contributed by atoms with van der Waals surface area (Å²) in [4.78, 5) is 4.39. The van der Waals surface area contributed by atoms with Crippen LogP contribution in [0, 0.1) is 11.8 Å². The third kappa shape index (κ3) is 3.53. The minimum atomic E-state index is -0.203. The van der Waals surface area contributed by atoms with Crippen molar-refractivity contribution < 1.29 is 9.26 Å². The molecule has 1 rings (SSSR count). The second-order valence-corrected chi connectivity index (χ2v) is 5.02. The highest BCUT2D eigenvalue weighted by Crippen LogP contribution is 2.26. The number of hydrogen-bond acceptors (Lipinski definition) is 5. The molecule has 0 aromatic carbocycles. The van der Waals surface area contributed by atoms with E-state index in [0.717, 1.165) is 6.42 Å². The summed E-state index contributed by atoms with van der Waals surface area (Å²) in [6.07, 6.45) is 0.856. The smallest absolute Gasteiger partial charge is 0.243 e. The van der Waals surface area contributed by atoms with Gasteiger partial charge >= 0.3 is 0 Å². The van der Waals surface area contributed by atoms with Crippen molar-refractivity contribution in [3.63, 3.8) is 0 Å². The molecular formula is C13H25N3O2. The van der Waals surface area contributed by atoms with Crippen molar-refractivity contribution in [1.82, 2.24) is 10.1 Å². The summed E-state index contributed by atoms with van der Waals surface area (Å²) in [7, 11) is 0. The fourth-order valence-corrected chi connectivity index (χ4v) is 1.74. The third-order valence-corrected chi connectivity index (χ3v) is 3.21. The summed E-state index contributed by atoms with van der Waals surface area (Å²) < 4.78 is 10.9. The van der Waals surface area contributed by atoms with Crippen LogP contribution in [0.2, 0.25) is 0 Å². The summed E-state index contributed by atoms with van der Waals surface area (Å²) in [5.74, 6) is 1.73. The second kappa shape index (κ2) is 6.85. The SMILES string of the molecule is CCOC(c1noc([C@@H](N)C(C)CC)n1)C(C)C. The van der Waals surface area contributed by atoms with Crippen molar-refractivity contribution in [2.24, 2.45) is 17.6 Å². The van der Waals surface area contributed by atoms with Crippen molar-refractivity contribution >= 4 is 0 Å². The maximum absolute atomic E-state index is 6.08. The van der Waals surface area contributed by atoms with Crippen LogP contribution in [0.5, 0.6) is 0 Å². The van der Waals surface area contributed by atoms with Crippen LogP contribution < -0.4 is 5.73 Å². The van der Waals surface area contributed by atoms with E-state index in [4.69, 9.17) is 15.0 Å². The number of ether oxygens (including phenoxy) is 1. The fraction of sp³-hybridized carbons (Fsp3) is 0.846. The van der Waals surface area contributed by atoms with Crippen molar-refractivity contribution in [2.75, 3.05) is 6.61 Å². The highest BCUT2D eigenvalue weighted by atomic mass is 16.5. The molecule has 5 nitrogen and oxygen atoms in total. The molecule has 0 radical (unpaired) electrons. The molecule has 0 bridgehead atoms. The Balaban J connectivity index is 2.83. The van der Waals surface area contributed by atoms with Gasteiger partial charge in [0, 0.05) is 6.61 Å². The Bertz CT molecular complexity index is 352. The van der Waals surface area contributed by atoms with Crippen LogP contribution in [-0.2, 0) is 4.74 Å². The summed E-state index contributed by atoms with van der Waals surface area (Å²) in [5, 5.41) is 4.00. The first-order valence-corrected chi connectivity index (χ1v) is 6.71. The molecule has 18 heavy (non-hydrogen) atoms. The molecule has 104 valence electrons. The second-order valence-electron chi connectivity index (χ2n) is 5.02. The number of hydrogen-bond donors (Lipinski definition) is 1. The Morgan fingerprint density at radius 3 is 2.44 bits per heavy atom. The lowest BCUT2D eigenvalue weighted by Crippen LogP contribution is -2.19. The molecule has 0 saturated carbocycles. The van der Waals surface area contributed by atoms with Crippen molar-refractivity contribution in [3.8, 4) is 0 Å². The zero-order chi connectivity index (χ0) is 13.7. The van der Waals surface area contributed by atoms with Gasteiger partial charge in [-0.3, -0.25) is 0 Å². The van der Waals surface area contributed by atoms with Crippen molar-refractivity contribution in [2.45, 2.75) is 53.2 Å². The maximum atomic E-state index is 6.08. The predicted molar refractivity (Wildman–Crippen MR) is 69.9 cm³/mol. The lowest BCUT2D eigenvalue weighted by atomic mass is 10.0. The van der Waals surface area contributed by atoms with E-state index in [-0.39, 0.29) is 12.1 Å². The van der Waals surface area contributed by atoms with Gasteiger partial charge in [-0.05, 0) is 18.8 Å². The molecule has 1 aromatic rings. The molecule has 0 aliphatic rings. The van der Waals surface area contributed by atoms with Gasteiger partial charge in [0.15, 0.2) is 0 Å². The van der Waals surface area contributed by atoms with Crippen molar-refractivity contribution in [3.05, 3.63) is 11.7 Å². The summed E-state index contributed by atoms with van der Waals surface area (Å²) in [5.41, 5.74) is 6.08. The zero-order valence-electron chi connectivity index (χ0n) is 12.0. The minimum absolute atomic E-state index is 0.128. The highest BCUT2D eigenvalue weighted by molar-refractivity contribution is 4.97. The molecule has 0 aliphatic carbocycles. The van der Waals surface area contributed by atoms with Gasteiger partial charge in [0.1, 0.15) is 6.10 Å². The largest absolute Gasteiger partial charge is 0.370 e. The fourth-order valence-electron chi connectivity index (χ4n) is 1.74. The quantitative estimate of drug-likeness (QED) is 0.811. The maximum Gasteiger partial charge on any atom is 0.243 e. The Hall–Kier alpha value is -0.940. The molecule has 0 fully saturated rings. The topological polar surface area (TPSA) is 74.2 Å². The van der Waals surface area contributed by atoms with E-state index in [1.54, 1.807) is 0 Å². The van der Waals surface area contributed by atoms with E-state index in [0.29, 0.717) is 30.2 Å². The zero-order valence-corrected chi connectivity index (χ0v) is 12.0. The lowest BCUT2D eigenvalue weighted by molar-refractivity contribution is 0.0217. The molecule has 2 unspecified atom stereocenters. The first-order valence-electron chi connectivity index (χ1n) is 6.71. The van der Waals surface area contributed by atoms with Crippen LogP contribution in [0.25, 0.3) is 0 Å². The molecule has 3 atom stereocenters. The van der Waals surface area contributed by atoms with E-state index in [1.807, 2.05) is 6.92 Å². The van der Waals surface area contributed by atoms with Crippen LogP contribution in [0.3, 0.4) is 0 Å². The van der Waals surface area contributed by atoms with Gasteiger partial charge in [0.2, 0.25) is 11.7 Å². The molecule has 5 heteroatoms. The van der Waals surface area contributed by atoms with Gasteiger partial charge in [-0.25, -0.2) is 0 Å².